The van der Waals surface area contributed by atoms with E-state index in [0.717, 1.165) is 0 Å². The Balaban J connectivity index is 2.89. The van der Waals surface area contributed by atoms with Gasteiger partial charge in [-0.2, -0.15) is 5.26 Å². The number of nitrogens with two attached hydrogens (primary N) is 1. The lowest BCUT2D eigenvalue weighted by molar-refractivity contribution is 0.0938. The number of nitriles is 1. The highest BCUT2D eigenvalue weighted by molar-refractivity contribution is 5.36. The van der Waals surface area contributed by atoms with Gasteiger partial charge in [-0.05, 0) is 12.1 Å². The summed E-state index contributed by atoms with van der Waals surface area (Å²) in [5.74, 6) is -0.179. The van der Waals surface area contributed by atoms with Crippen molar-refractivity contribution in [1.82, 2.24) is 0 Å². The highest BCUT2D eigenvalue weighted by Gasteiger charge is 2.25. The quantitative estimate of drug-likeness (QED) is 0.876. The lowest BCUT2D eigenvalue weighted by Crippen LogP contribution is -2.38. The van der Waals surface area contributed by atoms with Crippen LogP contribution in [0, 0.1) is 22.6 Å². The number of nitrogens with zero attached hydrogens (tertiary/aromatic N) is 1. The largest absolute Gasteiger partial charge is 0.488 e. The molecule has 1 aromatic carbocycles. The van der Waals surface area contributed by atoms with Crippen LogP contribution < -0.4 is 10.5 Å². The molecule has 0 saturated carbocycles. The van der Waals surface area contributed by atoms with Gasteiger partial charge in [-0.1, -0.05) is 20.8 Å². The summed E-state index contributed by atoms with van der Waals surface area (Å²) in [6.45, 7) is 6.37. The molecule has 0 spiro atoms. The predicted molar refractivity (Wildman–Crippen MR) is 64.0 cm³/mol. The van der Waals surface area contributed by atoms with Crippen LogP contribution in [0.3, 0.4) is 0 Å². The number of benzene rings is 1. The molecule has 17 heavy (non-hydrogen) atoms. The summed E-state index contributed by atoms with van der Waals surface area (Å²) in [4.78, 5) is 0. The molecule has 0 saturated heterocycles. The molecule has 1 atom stereocenters. The Morgan fingerprint density at radius 3 is 2.53 bits per heavy atom. The lowest BCUT2D eigenvalue weighted by Gasteiger charge is -2.30. The first-order chi connectivity index (χ1) is 7.88. The van der Waals surface area contributed by atoms with Gasteiger partial charge in [0.05, 0.1) is 5.56 Å². The monoisotopic (exact) mass is 236 g/mol. The minimum absolute atomic E-state index is 0.0115. The van der Waals surface area contributed by atoms with E-state index in [1.807, 2.05) is 20.8 Å². The Morgan fingerprint density at radius 2 is 2.12 bits per heavy atom. The van der Waals surface area contributed by atoms with Crippen molar-refractivity contribution >= 4 is 0 Å². The van der Waals surface area contributed by atoms with Gasteiger partial charge in [0.1, 0.15) is 23.7 Å². The molecule has 0 fully saturated rings. The molecule has 0 amide bonds. The van der Waals surface area contributed by atoms with Gasteiger partial charge < -0.3 is 10.5 Å². The molecule has 3 nitrogen and oxygen atoms in total. The Morgan fingerprint density at radius 1 is 1.47 bits per heavy atom. The number of ether oxygens (including phenoxy) is 1. The summed E-state index contributed by atoms with van der Waals surface area (Å²) in [6.07, 6.45) is -0.199. The number of hydrogen-bond donors (Lipinski definition) is 1. The zero-order valence-electron chi connectivity index (χ0n) is 10.3. The Labute approximate surface area is 101 Å². The maximum Gasteiger partial charge on any atom is 0.144 e. The van der Waals surface area contributed by atoms with E-state index < -0.39 is 5.82 Å². The van der Waals surface area contributed by atoms with Crippen molar-refractivity contribution in [1.29, 1.82) is 5.26 Å². The SMILES string of the molecule is CC(C)(C)C(CN)Oc1ccc(C#N)c(F)c1. The number of hydrogen-bond acceptors (Lipinski definition) is 3. The molecule has 0 aliphatic rings. The zero-order chi connectivity index (χ0) is 13.1. The molecule has 1 unspecified atom stereocenters. The highest BCUT2D eigenvalue weighted by atomic mass is 19.1. The molecule has 1 rings (SSSR count). The summed E-state index contributed by atoms with van der Waals surface area (Å²) < 4.78 is 19.0. The van der Waals surface area contributed by atoms with Crippen LogP contribution in [0.2, 0.25) is 0 Å². The van der Waals surface area contributed by atoms with Crippen molar-refractivity contribution in [3.05, 3.63) is 29.6 Å². The van der Waals surface area contributed by atoms with Gasteiger partial charge in [0.2, 0.25) is 0 Å². The molecule has 0 radical (unpaired) electrons. The molecule has 4 heteroatoms. The molecule has 0 aromatic heterocycles. The van der Waals surface area contributed by atoms with Crippen molar-refractivity contribution in [2.24, 2.45) is 11.1 Å². The van der Waals surface area contributed by atoms with Gasteiger partial charge in [-0.3, -0.25) is 0 Å². The summed E-state index contributed by atoms with van der Waals surface area (Å²) >= 11 is 0. The van der Waals surface area contributed by atoms with Gasteiger partial charge in [0, 0.05) is 18.0 Å². The van der Waals surface area contributed by atoms with Crippen molar-refractivity contribution in [2.45, 2.75) is 26.9 Å². The summed E-state index contributed by atoms with van der Waals surface area (Å²) in [5, 5.41) is 8.62. The lowest BCUT2D eigenvalue weighted by atomic mass is 9.89. The molecule has 1 aromatic rings. The third kappa shape index (κ3) is 3.43. The Bertz CT molecular complexity index is 432. The Kier molecular flexibility index (Phi) is 4.08. The number of rotatable bonds is 3. The van der Waals surface area contributed by atoms with Crippen LogP contribution in [0.4, 0.5) is 4.39 Å². The summed E-state index contributed by atoms with van der Waals surface area (Å²) in [7, 11) is 0. The fourth-order valence-corrected chi connectivity index (χ4v) is 1.40. The second-order valence-electron chi connectivity index (χ2n) is 4.96. The van der Waals surface area contributed by atoms with Crippen LogP contribution in [-0.4, -0.2) is 12.6 Å². The normalized spacial score (nSPS) is 12.9. The fraction of sp³-hybridized carbons (Fsp3) is 0.462. The third-order valence-corrected chi connectivity index (χ3v) is 2.52. The smallest absolute Gasteiger partial charge is 0.144 e. The second-order valence-corrected chi connectivity index (χ2v) is 4.96. The first-order valence-corrected chi connectivity index (χ1v) is 5.45. The standard InChI is InChI=1S/C13H17FN2O/c1-13(2,3)12(8-16)17-10-5-4-9(7-15)11(14)6-10/h4-6,12H,8,16H2,1-3H3. The van der Waals surface area contributed by atoms with Crippen LogP contribution in [0.15, 0.2) is 18.2 Å². The maximum absolute atomic E-state index is 13.4. The number of halogens is 1. The molecular formula is C13H17FN2O. The van der Waals surface area contributed by atoms with Crippen LogP contribution in [0.25, 0.3) is 0 Å². The van der Waals surface area contributed by atoms with Crippen LogP contribution >= 0.6 is 0 Å². The van der Waals surface area contributed by atoms with Crippen molar-refractivity contribution in [2.75, 3.05) is 6.54 Å². The molecule has 0 heterocycles. The summed E-state index contributed by atoms with van der Waals surface area (Å²) in [5.41, 5.74) is 5.52. The second kappa shape index (κ2) is 5.15. The van der Waals surface area contributed by atoms with E-state index >= 15 is 0 Å². The minimum atomic E-state index is -0.574. The highest BCUT2D eigenvalue weighted by Crippen LogP contribution is 2.25. The topological polar surface area (TPSA) is 59.0 Å². The van der Waals surface area contributed by atoms with E-state index in [1.165, 1.54) is 12.1 Å². The molecule has 92 valence electrons. The van der Waals surface area contributed by atoms with Crippen LogP contribution in [-0.2, 0) is 0 Å². The van der Waals surface area contributed by atoms with Crippen molar-refractivity contribution in [3.8, 4) is 11.8 Å². The first-order valence-electron chi connectivity index (χ1n) is 5.45. The predicted octanol–water partition coefficient (Wildman–Crippen LogP) is 2.45. The van der Waals surface area contributed by atoms with Gasteiger partial charge in [-0.25, -0.2) is 4.39 Å². The molecular weight excluding hydrogens is 219 g/mol. The average molecular weight is 236 g/mol. The van der Waals surface area contributed by atoms with Gasteiger partial charge in [-0.15, -0.1) is 0 Å². The zero-order valence-corrected chi connectivity index (χ0v) is 10.3. The van der Waals surface area contributed by atoms with Crippen molar-refractivity contribution in [3.63, 3.8) is 0 Å². The average Bonchev–Trinajstić information content (AvgIpc) is 2.24. The van der Waals surface area contributed by atoms with Crippen molar-refractivity contribution < 1.29 is 9.13 Å². The maximum atomic E-state index is 13.4. The fourth-order valence-electron chi connectivity index (χ4n) is 1.40. The molecule has 0 bridgehead atoms. The van der Waals surface area contributed by atoms with Crippen LogP contribution in [0.1, 0.15) is 26.3 Å². The molecule has 2 N–H and O–H groups in total. The molecule has 0 aliphatic heterocycles. The molecule has 0 aliphatic carbocycles. The van der Waals surface area contributed by atoms with E-state index in [9.17, 15) is 4.39 Å². The van der Waals surface area contributed by atoms with Crippen LogP contribution in [0.5, 0.6) is 5.75 Å². The summed E-state index contributed by atoms with van der Waals surface area (Å²) in [6, 6.07) is 5.96. The van der Waals surface area contributed by atoms with E-state index in [-0.39, 0.29) is 17.1 Å². The van der Waals surface area contributed by atoms with E-state index in [1.54, 1.807) is 12.1 Å². The van der Waals surface area contributed by atoms with Gasteiger partial charge in [0.15, 0.2) is 0 Å². The third-order valence-electron chi connectivity index (χ3n) is 2.52. The van der Waals surface area contributed by atoms with E-state index in [4.69, 9.17) is 15.7 Å². The van der Waals surface area contributed by atoms with Gasteiger partial charge in [0.25, 0.3) is 0 Å². The first kappa shape index (κ1) is 13.5. The van der Waals surface area contributed by atoms with E-state index in [2.05, 4.69) is 0 Å². The Hall–Kier alpha value is -1.60. The van der Waals surface area contributed by atoms with Gasteiger partial charge >= 0.3 is 0 Å². The minimum Gasteiger partial charge on any atom is -0.488 e. The van der Waals surface area contributed by atoms with E-state index in [0.29, 0.717) is 12.3 Å².